The van der Waals surface area contributed by atoms with Crippen LogP contribution in [0, 0.1) is 0 Å². The zero-order valence-electron chi connectivity index (χ0n) is 8.70. The van der Waals surface area contributed by atoms with Crippen LogP contribution in [0.4, 0.5) is 0 Å². The van der Waals surface area contributed by atoms with Crippen molar-refractivity contribution in [2.24, 2.45) is 0 Å². The lowest BCUT2D eigenvalue weighted by Gasteiger charge is -2.16. The predicted molar refractivity (Wildman–Crippen MR) is 52.6 cm³/mol. The van der Waals surface area contributed by atoms with Gasteiger partial charge in [-0.25, -0.2) is 0 Å². The van der Waals surface area contributed by atoms with Crippen LogP contribution in [0.1, 0.15) is 39.0 Å². The second-order valence-electron chi connectivity index (χ2n) is 3.41. The third kappa shape index (κ3) is 6.99. The first-order chi connectivity index (χ1) is 6.22. The average Bonchev–Trinajstić information content (AvgIpc) is 2.14. The van der Waals surface area contributed by atoms with E-state index in [-0.39, 0.29) is 0 Å². The summed E-state index contributed by atoms with van der Waals surface area (Å²) < 4.78 is 4.82. The van der Waals surface area contributed by atoms with Crippen LogP contribution < -0.4 is 0 Å². The summed E-state index contributed by atoms with van der Waals surface area (Å²) in [5.41, 5.74) is 0. The zero-order valence-corrected chi connectivity index (χ0v) is 8.70. The molecule has 0 saturated heterocycles. The standard InChI is InChI=1S/C10H22O3/c1-3-4-5-6-9(11)10(12)7-8-13-2/h9-12H,3-8H2,1-2H3/t9-,10-/m1/s1. The first kappa shape index (κ1) is 12.9. The van der Waals surface area contributed by atoms with E-state index in [2.05, 4.69) is 6.92 Å². The van der Waals surface area contributed by atoms with Gasteiger partial charge in [-0.1, -0.05) is 26.2 Å². The van der Waals surface area contributed by atoms with E-state index < -0.39 is 12.2 Å². The molecule has 2 N–H and O–H groups in total. The second kappa shape index (κ2) is 8.48. The zero-order chi connectivity index (χ0) is 10.1. The largest absolute Gasteiger partial charge is 0.390 e. The molecule has 0 aliphatic heterocycles. The molecule has 0 spiro atoms. The van der Waals surface area contributed by atoms with Gasteiger partial charge in [0.25, 0.3) is 0 Å². The Morgan fingerprint density at radius 1 is 1.08 bits per heavy atom. The summed E-state index contributed by atoms with van der Waals surface area (Å²) in [4.78, 5) is 0. The molecular formula is C10H22O3. The van der Waals surface area contributed by atoms with Gasteiger partial charge in [0.2, 0.25) is 0 Å². The van der Waals surface area contributed by atoms with Gasteiger partial charge in [0, 0.05) is 13.7 Å². The molecule has 0 saturated carbocycles. The van der Waals surface area contributed by atoms with E-state index in [0.717, 1.165) is 19.3 Å². The highest BCUT2D eigenvalue weighted by atomic mass is 16.5. The molecule has 2 atom stereocenters. The molecule has 0 fully saturated rings. The summed E-state index contributed by atoms with van der Waals surface area (Å²) in [6.07, 6.45) is 3.25. The summed E-state index contributed by atoms with van der Waals surface area (Å²) >= 11 is 0. The number of aliphatic hydroxyl groups is 2. The summed E-state index contributed by atoms with van der Waals surface area (Å²) in [7, 11) is 1.59. The first-order valence-corrected chi connectivity index (χ1v) is 5.07. The first-order valence-electron chi connectivity index (χ1n) is 5.07. The minimum absolute atomic E-state index is 0.506. The fraction of sp³-hybridized carbons (Fsp3) is 1.00. The van der Waals surface area contributed by atoms with E-state index in [0.29, 0.717) is 19.4 Å². The summed E-state index contributed by atoms with van der Waals surface area (Å²) in [5, 5.41) is 18.9. The van der Waals surface area contributed by atoms with Crippen molar-refractivity contribution in [3.63, 3.8) is 0 Å². The Kier molecular flexibility index (Phi) is 8.40. The maximum atomic E-state index is 9.47. The Hall–Kier alpha value is -0.120. The van der Waals surface area contributed by atoms with Gasteiger partial charge in [0.1, 0.15) is 0 Å². The normalized spacial score (nSPS) is 15.7. The van der Waals surface area contributed by atoms with Gasteiger partial charge in [-0.15, -0.1) is 0 Å². The van der Waals surface area contributed by atoms with Crippen LogP contribution in [-0.2, 0) is 4.74 Å². The smallest absolute Gasteiger partial charge is 0.0821 e. The molecule has 0 heterocycles. The Morgan fingerprint density at radius 3 is 2.23 bits per heavy atom. The van der Waals surface area contributed by atoms with Gasteiger partial charge in [-0.2, -0.15) is 0 Å². The highest BCUT2D eigenvalue weighted by Crippen LogP contribution is 2.08. The number of rotatable bonds is 8. The van der Waals surface area contributed by atoms with Crippen LogP contribution in [0.2, 0.25) is 0 Å². The fourth-order valence-electron chi connectivity index (χ4n) is 1.23. The van der Waals surface area contributed by atoms with Crippen LogP contribution in [0.3, 0.4) is 0 Å². The molecule has 3 heteroatoms. The molecular weight excluding hydrogens is 168 g/mol. The van der Waals surface area contributed by atoms with E-state index in [1.165, 1.54) is 0 Å². The lowest BCUT2D eigenvalue weighted by Crippen LogP contribution is -2.26. The lowest BCUT2D eigenvalue weighted by atomic mass is 10.0. The number of hydrogen-bond acceptors (Lipinski definition) is 3. The maximum Gasteiger partial charge on any atom is 0.0821 e. The fourth-order valence-corrected chi connectivity index (χ4v) is 1.23. The number of unbranched alkanes of at least 4 members (excludes halogenated alkanes) is 2. The van der Waals surface area contributed by atoms with Crippen molar-refractivity contribution < 1.29 is 14.9 Å². The Labute approximate surface area is 80.7 Å². The molecule has 0 aliphatic rings. The van der Waals surface area contributed by atoms with Gasteiger partial charge in [0.15, 0.2) is 0 Å². The topological polar surface area (TPSA) is 49.7 Å². The van der Waals surface area contributed by atoms with Crippen LogP contribution in [-0.4, -0.2) is 36.1 Å². The molecule has 0 unspecified atom stereocenters. The van der Waals surface area contributed by atoms with E-state index in [4.69, 9.17) is 4.74 Å². The van der Waals surface area contributed by atoms with Gasteiger partial charge >= 0.3 is 0 Å². The molecule has 80 valence electrons. The van der Waals surface area contributed by atoms with E-state index in [1.807, 2.05) is 0 Å². The Balaban J connectivity index is 3.38. The highest BCUT2D eigenvalue weighted by molar-refractivity contribution is 4.66. The van der Waals surface area contributed by atoms with Crippen molar-refractivity contribution in [2.75, 3.05) is 13.7 Å². The molecule has 0 aromatic heterocycles. The Bertz CT molecular complexity index is 106. The molecule has 0 aromatic rings. The van der Waals surface area contributed by atoms with Gasteiger partial charge in [-0.05, 0) is 12.8 Å². The number of hydrogen-bond donors (Lipinski definition) is 2. The second-order valence-corrected chi connectivity index (χ2v) is 3.41. The van der Waals surface area contributed by atoms with Crippen molar-refractivity contribution in [1.82, 2.24) is 0 Å². The van der Waals surface area contributed by atoms with E-state index in [1.54, 1.807) is 7.11 Å². The molecule has 0 radical (unpaired) electrons. The number of ether oxygens (including phenoxy) is 1. The molecule has 0 rings (SSSR count). The third-order valence-electron chi connectivity index (χ3n) is 2.17. The van der Waals surface area contributed by atoms with Crippen LogP contribution >= 0.6 is 0 Å². The van der Waals surface area contributed by atoms with Gasteiger partial charge < -0.3 is 14.9 Å². The van der Waals surface area contributed by atoms with Crippen molar-refractivity contribution in [1.29, 1.82) is 0 Å². The number of aliphatic hydroxyl groups excluding tert-OH is 2. The molecule has 0 aromatic carbocycles. The molecule has 0 amide bonds. The lowest BCUT2D eigenvalue weighted by molar-refractivity contribution is -0.00417. The molecule has 0 aliphatic carbocycles. The summed E-state index contributed by atoms with van der Waals surface area (Å²) in [5.74, 6) is 0. The van der Waals surface area contributed by atoms with E-state index in [9.17, 15) is 10.2 Å². The quantitative estimate of drug-likeness (QED) is 0.568. The van der Waals surface area contributed by atoms with Crippen LogP contribution in [0.15, 0.2) is 0 Å². The average molecular weight is 190 g/mol. The monoisotopic (exact) mass is 190 g/mol. The van der Waals surface area contributed by atoms with Crippen molar-refractivity contribution in [3.05, 3.63) is 0 Å². The highest BCUT2D eigenvalue weighted by Gasteiger charge is 2.14. The minimum atomic E-state index is -0.628. The van der Waals surface area contributed by atoms with Crippen LogP contribution in [0.25, 0.3) is 0 Å². The summed E-state index contributed by atoms with van der Waals surface area (Å²) in [6, 6.07) is 0. The molecule has 3 nitrogen and oxygen atoms in total. The van der Waals surface area contributed by atoms with Gasteiger partial charge in [0.05, 0.1) is 12.2 Å². The molecule has 0 bridgehead atoms. The van der Waals surface area contributed by atoms with Crippen molar-refractivity contribution in [3.8, 4) is 0 Å². The number of methoxy groups -OCH3 is 1. The molecule has 13 heavy (non-hydrogen) atoms. The predicted octanol–water partition coefficient (Wildman–Crippen LogP) is 1.32. The van der Waals surface area contributed by atoms with E-state index >= 15 is 0 Å². The summed E-state index contributed by atoms with van der Waals surface area (Å²) in [6.45, 7) is 2.62. The van der Waals surface area contributed by atoms with Crippen LogP contribution in [0.5, 0.6) is 0 Å². The van der Waals surface area contributed by atoms with Crippen molar-refractivity contribution in [2.45, 2.75) is 51.2 Å². The maximum absolute atomic E-state index is 9.47. The SMILES string of the molecule is CCCCC[C@@H](O)[C@H](O)CCOC. The third-order valence-corrected chi connectivity index (χ3v) is 2.17. The van der Waals surface area contributed by atoms with Gasteiger partial charge in [-0.3, -0.25) is 0 Å². The minimum Gasteiger partial charge on any atom is -0.390 e. The van der Waals surface area contributed by atoms with Crippen molar-refractivity contribution >= 4 is 0 Å². The Morgan fingerprint density at radius 2 is 1.69 bits per heavy atom.